The number of rotatable bonds is 4. The highest BCUT2D eigenvalue weighted by atomic mass is 35.5. The Morgan fingerprint density at radius 1 is 1.41 bits per heavy atom. The smallest absolute Gasteiger partial charge is 0.232 e. The second kappa shape index (κ2) is 6.88. The first-order valence-corrected chi connectivity index (χ1v) is 7.47. The molecule has 124 valence electrons. The molecule has 4 nitrogen and oxygen atoms in total. The number of ether oxygens (including phenoxy) is 1. The number of nitrogens with two attached hydrogens (primary N) is 1. The maximum Gasteiger partial charge on any atom is 0.232 e. The molecule has 1 fully saturated rings. The summed E-state index contributed by atoms with van der Waals surface area (Å²) in [7, 11) is 1.64. The molecule has 0 spiro atoms. The van der Waals surface area contributed by atoms with Gasteiger partial charge < -0.3 is 15.4 Å². The quantitative estimate of drug-likeness (QED) is 0.925. The summed E-state index contributed by atoms with van der Waals surface area (Å²) in [6, 6.07) is 7.73. The predicted octanol–water partition coefficient (Wildman–Crippen LogP) is 2.59. The number of hydrogen-bond donors (Lipinski definition) is 1. The van der Waals surface area contributed by atoms with Gasteiger partial charge in [0.05, 0.1) is 12.5 Å². The van der Waals surface area contributed by atoms with Gasteiger partial charge in [-0.2, -0.15) is 0 Å². The lowest BCUT2D eigenvalue weighted by molar-refractivity contribution is -0.135. The molecule has 0 aromatic heterocycles. The average molecular weight is 327 g/mol. The summed E-state index contributed by atoms with van der Waals surface area (Å²) in [4.78, 5) is 14.9. The van der Waals surface area contributed by atoms with Gasteiger partial charge in [0.15, 0.2) is 0 Å². The van der Waals surface area contributed by atoms with E-state index in [0.717, 1.165) is 30.8 Å². The van der Waals surface area contributed by atoms with E-state index in [1.54, 1.807) is 7.11 Å². The zero-order valence-electron chi connectivity index (χ0n) is 13.9. The molecule has 1 unspecified atom stereocenters. The number of halogens is 1. The van der Waals surface area contributed by atoms with Crippen molar-refractivity contribution >= 4 is 18.3 Å². The summed E-state index contributed by atoms with van der Waals surface area (Å²) >= 11 is 0. The molecule has 1 saturated heterocycles. The number of nitrogens with zero attached hydrogens (tertiary/aromatic N) is 1. The summed E-state index contributed by atoms with van der Waals surface area (Å²) in [6.07, 6.45) is 0.969. The molecule has 1 aromatic rings. The number of carbonyl (C=O) groups excluding carboxylic acids is 1. The molecule has 0 bridgehead atoms. The molecule has 1 amide bonds. The van der Waals surface area contributed by atoms with Crippen LogP contribution >= 0.6 is 12.4 Å². The largest absolute Gasteiger partial charge is 0.496 e. The lowest BCUT2D eigenvalue weighted by atomic mass is 9.82. The molecule has 1 atom stereocenters. The Balaban J connectivity index is 0.00000242. The van der Waals surface area contributed by atoms with Crippen LogP contribution in [0.2, 0.25) is 0 Å². The van der Waals surface area contributed by atoms with Gasteiger partial charge in [0, 0.05) is 18.7 Å². The van der Waals surface area contributed by atoms with Crippen LogP contribution in [0.5, 0.6) is 5.75 Å². The standard InChI is InChI=1S/C17H26N2O2.ClH/c1-16(2,13-7-5-6-8-14(13)21-4)15(20)19-10-9-17(3,11-18)12-19;/h5-8H,9-12,18H2,1-4H3;1H. The van der Waals surface area contributed by atoms with Gasteiger partial charge in [0.1, 0.15) is 5.75 Å². The van der Waals surface area contributed by atoms with Gasteiger partial charge in [-0.3, -0.25) is 4.79 Å². The highest BCUT2D eigenvalue weighted by Crippen LogP contribution is 2.36. The van der Waals surface area contributed by atoms with E-state index in [1.165, 1.54) is 0 Å². The van der Waals surface area contributed by atoms with E-state index < -0.39 is 5.41 Å². The van der Waals surface area contributed by atoms with E-state index in [1.807, 2.05) is 43.0 Å². The SMILES string of the molecule is COc1ccccc1C(C)(C)C(=O)N1CCC(C)(CN)C1.Cl. The number of para-hydroxylation sites is 1. The van der Waals surface area contributed by atoms with Crippen LogP contribution in [-0.4, -0.2) is 37.6 Å². The summed E-state index contributed by atoms with van der Waals surface area (Å²) in [5.41, 5.74) is 6.21. The van der Waals surface area contributed by atoms with E-state index in [4.69, 9.17) is 10.5 Å². The van der Waals surface area contributed by atoms with Crippen LogP contribution in [0.1, 0.15) is 32.8 Å². The molecule has 5 heteroatoms. The van der Waals surface area contributed by atoms with Crippen LogP contribution in [-0.2, 0) is 10.2 Å². The number of benzene rings is 1. The van der Waals surface area contributed by atoms with Gasteiger partial charge in [0.25, 0.3) is 0 Å². The van der Waals surface area contributed by atoms with Gasteiger partial charge in [0.2, 0.25) is 5.91 Å². The Morgan fingerprint density at radius 3 is 2.59 bits per heavy atom. The normalized spacial score (nSPS) is 21.4. The van der Waals surface area contributed by atoms with Crippen LogP contribution in [0, 0.1) is 5.41 Å². The zero-order valence-corrected chi connectivity index (χ0v) is 14.7. The Morgan fingerprint density at radius 2 is 2.05 bits per heavy atom. The van der Waals surface area contributed by atoms with Crippen molar-refractivity contribution in [2.45, 2.75) is 32.6 Å². The van der Waals surface area contributed by atoms with Gasteiger partial charge >= 0.3 is 0 Å². The van der Waals surface area contributed by atoms with Crippen molar-refractivity contribution in [3.8, 4) is 5.75 Å². The third-order valence-electron chi connectivity index (χ3n) is 4.65. The first-order valence-electron chi connectivity index (χ1n) is 7.47. The molecular weight excluding hydrogens is 300 g/mol. The Bertz CT molecular complexity index is 533. The fourth-order valence-corrected chi connectivity index (χ4v) is 3.04. The number of carbonyl (C=O) groups is 1. The Hall–Kier alpha value is -1.26. The number of methoxy groups -OCH3 is 1. The minimum atomic E-state index is -0.605. The average Bonchev–Trinajstić information content (AvgIpc) is 2.89. The second-order valence-corrected chi connectivity index (χ2v) is 6.82. The molecule has 0 aliphatic carbocycles. The van der Waals surface area contributed by atoms with Crippen LogP contribution < -0.4 is 10.5 Å². The molecule has 1 heterocycles. The highest BCUT2D eigenvalue weighted by molar-refractivity contribution is 5.88. The van der Waals surface area contributed by atoms with Crippen LogP contribution in [0.3, 0.4) is 0 Å². The van der Waals surface area contributed by atoms with Crippen LogP contribution in [0.4, 0.5) is 0 Å². The van der Waals surface area contributed by atoms with E-state index in [0.29, 0.717) is 6.54 Å². The van der Waals surface area contributed by atoms with Crippen molar-refractivity contribution in [2.75, 3.05) is 26.7 Å². The Labute approximate surface area is 139 Å². The first-order chi connectivity index (χ1) is 9.84. The van der Waals surface area contributed by atoms with Crippen LogP contribution in [0.25, 0.3) is 0 Å². The predicted molar refractivity (Wildman–Crippen MR) is 91.6 cm³/mol. The molecular formula is C17H27ClN2O2. The van der Waals surface area contributed by atoms with E-state index in [2.05, 4.69) is 6.92 Å². The third-order valence-corrected chi connectivity index (χ3v) is 4.65. The minimum Gasteiger partial charge on any atom is -0.496 e. The summed E-state index contributed by atoms with van der Waals surface area (Å²) in [5.74, 6) is 0.904. The third kappa shape index (κ3) is 3.39. The second-order valence-electron chi connectivity index (χ2n) is 6.82. The molecule has 0 radical (unpaired) electrons. The summed E-state index contributed by atoms with van der Waals surface area (Å²) in [6.45, 7) is 8.21. The van der Waals surface area contributed by atoms with E-state index >= 15 is 0 Å². The van der Waals surface area contributed by atoms with Gasteiger partial charge in [-0.25, -0.2) is 0 Å². The van der Waals surface area contributed by atoms with Gasteiger partial charge in [-0.05, 0) is 38.3 Å². The number of amides is 1. The highest BCUT2D eigenvalue weighted by Gasteiger charge is 2.41. The topological polar surface area (TPSA) is 55.6 Å². The fourth-order valence-electron chi connectivity index (χ4n) is 3.04. The monoisotopic (exact) mass is 326 g/mol. The lowest BCUT2D eigenvalue weighted by Gasteiger charge is -2.31. The Kier molecular flexibility index (Phi) is 5.88. The molecule has 0 saturated carbocycles. The maximum atomic E-state index is 13.0. The number of likely N-dealkylation sites (tertiary alicyclic amines) is 1. The van der Waals surface area contributed by atoms with Gasteiger partial charge in [-0.1, -0.05) is 25.1 Å². The molecule has 2 rings (SSSR count). The van der Waals surface area contributed by atoms with E-state index in [-0.39, 0.29) is 23.7 Å². The molecule has 1 aliphatic heterocycles. The van der Waals surface area contributed by atoms with Crippen molar-refractivity contribution in [1.82, 2.24) is 4.90 Å². The van der Waals surface area contributed by atoms with E-state index in [9.17, 15) is 4.79 Å². The maximum absolute atomic E-state index is 13.0. The molecule has 22 heavy (non-hydrogen) atoms. The van der Waals surface area contributed by atoms with Crippen molar-refractivity contribution in [3.63, 3.8) is 0 Å². The van der Waals surface area contributed by atoms with Crippen molar-refractivity contribution in [2.24, 2.45) is 11.1 Å². The minimum absolute atomic E-state index is 0. The first kappa shape index (κ1) is 18.8. The summed E-state index contributed by atoms with van der Waals surface area (Å²) in [5, 5.41) is 0. The zero-order chi connectivity index (χ0) is 15.7. The summed E-state index contributed by atoms with van der Waals surface area (Å²) < 4.78 is 5.42. The van der Waals surface area contributed by atoms with Crippen molar-refractivity contribution < 1.29 is 9.53 Å². The van der Waals surface area contributed by atoms with Crippen LogP contribution in [0.15, 0.2) is 24.3 Å². The molecule has 1 aliphatic rings. The fraction of sp³-hybridized carbons (Fsp3) is 0.588. The van der Waals surface area contributed by atoms with Gasteiger partial charge in [-0.15, -0.1) is 12.4 Å². The molecule has 1 aromatic carbocycles. The number of hydrogen-bond acceptors (Lipinski definition) is 3. The van der Waals surface area contributed by atoms with Crippen molar-refractivity contribution in [1.29, 1.82) is 0 Å². The lowest BCUT2D eigenvalue weighted by Crippen LogP contribution is -2.44. The van der Waals surface area contributed by atoms with Crippen molar-refractivity contribution in [3.05, 3.63) is 29.8 Å². The molecule has 2 N–H and O–H groups in total.